The molecule has 33 heavy (non-hydrogen) atoms. The van der Waals surface area contributed by atoms with Crippen LogP contribution in [-0.4, -0.2) is 65.3 Å². The van der Waals surface area contributed by atoms with Gasteiger partial charge in [-0.2, -0.15) is 13.2 Å². The highest BCUT2D eigenvalue weighted by atomic mass is 19.4. The Bertz CT molecular complexity index is 1040. The largest absolute Gasteiger partial charge is 0.491 e. The van der Waals surface area contributed by atoms with Gasteiger partial charge in [0, 0.05) is 39.4 Å². The number of nitrogens with zero attached hydrogens (tertiary/aromatic N) is 4. The van der Waals surface area contributed by atoms with Gasteiger partial charge in [-0.3, -0.25) is 14.8 Å². The van der Waals surface area contributed by atoms with Crippen molar-refractivity contribution in [2.24, 2.45) is 4.99 Å². The quantitative estimate of drug-likeness (QED) is 0.651. The van der Waals surface area contributed by atoms with Crippen molar-refractivity contribution in [3.63, 3.8) is 0 Å². The molecule has 8 nitrogen and oxygen atoms in total. The maximum Gasteiger partial charge on any atom is 0.431 e. The van der Waals surface area contributed by atoms with Gasteiger partial charge in [0.1, 0.15) is 28.5 Å². The molecule has 2 N–H and O–H groups in total. The minimum absolute atomic E-state index is 0.266. The molecule has 0 amide bonds. The van der Waals surface area contributed by atoms with Gasteiger partial charge in [-0.05, 0) is 18.6 Å². The number of hydrogen-bond donors (Lipinski definition) is 2. The summed E-state index contributed by atoms with van der Waals surface area (Å²) >= 11 is 0. The molecule has 1 aromatic rings. The van der Waals surface area contributed by atoms with Crippen LogP contribution in [0.5, 0.6) is 0 Å². The van der Waals surface area contributed by atoms with Crippen molar-refractivity contribution in [1.82, 2.24) is 25.5 Å². The molecule has 3 aliphatic rings. The van der Waals surface area contributed by atoms with Crippen LogP contribution in [0.25, 0.3) is 5.70 Å². The second-order valence-electron chi connectivity index (χ2n) is 8.22. The fourth-order valence-corrected chi connectivity index (χ4v) is 4.24. The predicted molar refractivity (Wildman–Crippen MR) is 116 cm³/mol. The molecule has 4 rings (SSSR count). The lowest BCUT2D eigenvalue weighted by Gasteiger charge is -2.41. The van der Waals surface area contributed by atoms with Gasteiger partial charge in [-0.15, -0.1) is 0 Å². The molecule has 1 fully saturated rings. The van der Waals surface area contributed by atoms with Crippen molar-refractivity contribution < 1.29 is 22.7 Å². The van der Waals surface area contributed by atoms with Gasteiger partial charge in [0.15, 0.2) is 6.29 Å². The maximum absolute atomic E-state index is 12.8. The van der Waals surface area contributed by atoms with E-state index in [1.807, 2.05) is 17.9 Å². The topological polar surface area (TPSA) is 91.7 Å². The van der Waals surface area contributed by atoms with Crippen molar-refractivity contribution >= 4 is 17.7 Å². The number of allylic oxidation sites excluding steroid dienone is 2. The van der Waals surface area contributed by atoms with Gasteiger partial charge in [-0.1, -0.05) is 0 Å². The number of aldehydes is 1. The Hall–Kier alpha value is -3.37. The number of carbonyl (C=O) groups is 1. The number of hydrogen-bond acceptors (Lipinski definition) is 8. The molecule has 0 atom stereocenters. The van der Waals surface area contributed by atoms with Crippen LogP contribution >= 0.6 is 0 Å². The number of ether oxygens (including phenoxy) is 1. The molecule has 4 heterocycles. The minimum atomic E-state index is -4.42. The molecular weight excluding hydrogens is 437 g/mol. The fraction of sp³-hybridized carbons (Fsp3) is 0.455. The lowest BCUT2D eigenvalue weighted by Crippen LogP contribution is -2.48. The van der Waals surface area contributed by atoms with Crippen molar-refractivity contribution in [2.75, 3.05) is 26.7 Å². The van der Waals surface area contributed by atoms with Crippen molar-refractivity contribution in [3.05, 3.63) is 53.2 Å². The second kappa shape index (κ2) is 8.87. The first-order valence-corrected chi connectivity index (χ1v) is 10.6. The highest BCUT2D eigenvalue weighted by Crippen LogP contribution is 2.42. The highest BCUT2D eigenvalue weighted by Gasteiger charge is 2.43. The van der Waals surface area contributed by atoms with E-state index in [4.69, 9.17) is 4.74 Å². The predicted octanol–water partition coefficient (Wildman–Crippen LogP) is 2.78. The number of likely N-dealkylation sites (tertiary alicyclic amines) is 1. The van der Waals surface area contributed by atoms with Crippen LogP contribution in [-0.2, 0) is 4.74 Å². The van der Waals surface area contributed by atoms with E-state index in [1.165, 1.54) is 12.4 Å². The number of halogens is 3. The molecule has 176 valence electrons. The molecule has 1 aromatic heterocycles. The van der Waals surface area contributed by atoms with Crippen molar-refractivity contribution in [3.8, 4) is 0 Å². The summed E-state index contributed by atoms with van der Waals surface area (Å²) in [6.45, 7) is 2.90. The van der Waals surface area contributed by atoms with Gasteiger partial charge >= 0.3 is 6.18 Å². The molecule has 0 radical (unpaired) electrons. The molecule has 0 bridgehead atoms. The van der Waals surface area contributed by atoms with E-state index in [1.54, 1.807) is 13.2 Å². The summed E-state index contributed by atoms with van der Waals surface area (Å²) < 4.78 is 44.6. The summed E-state index contributed by atoms with van der Waals surface area (Å²) in [6.07, 6.45) is 4.64. The van der Waals surface area contributed by atoms with Gasteiger partial charge in [0.25, 0.3) is 0 Å². The van der Waals surface area contributed by atoms with Crippen molar-refractivity contribution in [2.45, 2.75) is 38.0 Å². The Balaban J connectivity index is 1.41. The summed E-state index contributed by atoms with van der Waals surface area (Å²) in [5.74, 6) is 1.44. The first-order chi connectivity index (χ1) is 15.7. The third-order valence-electron chi connectivity index (χ3n) is 6.11. The lowest BCUT2D eigenvalue weighted by atomic mass is 9.86. The van der Waals surface area contributed by atoms with E-state index in [2.05, 4.69) is 25.6 Å². The molecule has 1 spiro atoms. The third-order valence-corrected chi connectivity index (χ3v) is 6.11. The van der Waals surface area contributed by atoms with E-state index >= 15 is 0 Å². The average Bonchev–Trinajstić information content (AvgIpc) is 3.11. The normalized spacial score (nSPS) is 20.8. The molecular formula is C22H25F3N6O2. The average molecular weight is 462 g/mol. The lowest BCUT2D eigenvalue weighted by molar-refractivity contribution is -0.0602. The number of aliphatic imine (C=N–C) groups is 1. The number of nitrogens with one attached hydrogen (secondary N) is 2. The monoisotopic (exact) mass is 462 g/mol. The SMILES string of the molecule is CN/C(=C\C1=C(C)OC2(CCN(C3=CN=C(C(F)(F)F)CN3)CC2)C1)c1cnc(C=O)cn1. The molecule has 0 aromatic carbocycles. The van der Waals surface area contributed by atoms with E-state index in [9.17, 15) is 18.0 Å². The smallest absolute Gasteiger partial charge is 0.431 e. The number of carbonyl (C=O) groups excluding carboxylic acids is 1. The number of rotatable bonds is 5. The number of piperidine rings is 1. The highest BCUT2D eigenvalue weighted by molar-refractivity contribution is 5.92. The fourth-order valence-electron chi connectivity index (χ4n) is 4.24. The first kappa shape index (κ1) is 22.8. The summed E-state index contributed by atoms with van der Waals surface area (Å²) in [6, 6.07) is 0. The van der Waals surface area contributed by atoms with Crippen LogP contribution in [0.1, 0.15) is 42.4 Å². The summed E-state index contributed by atoms with van der Waals surface area (Å²) in [5, 5.41) is 5.96. The van der Waals surface area contributed by atoms with E-state index in [-0.39, 0.29) is 17.8 Å². The molecule has 0 saturated carbocycles. The van der Waals surface area contributed by atoms with Crippen LogP contribution in [0.2, 0.25) is 0 Å². The zero-order chi connectivity index (χ0) is 23.6. The first-order valence-electron chi connectivity index (χ1n) is 10.6. The van der Waals surface area contributed by atoms with Crippen LogP contribution in [0, 0.1) is 0 Å². The summed E-state index contributed by atoms with van der Waals surface area (Å²) in [7, 11) is 1.79. The zero-order valence-corrected chi connectivity index (χ0v) is 18.4. The Kier molecular flexibility index (Phi) is 6.13. The van der Waals surface area contributed by atoms with Gasteiger partial charge in [0.05, 0.1) is 36.6 Å². The Morgan fingerprint density at radius 1 is 1.27 bits per heavy atom. The van der Waals surface area contributed by atoms with Gasteiger partial charge in [0.2, 0.25) is 0 Å². The molecule has 0 unspecified atom stereocenters. The van der Waals surface area contributed by atoms with E-state index in [0.717, 1.165) is 36.3 Å². The van der Waals surface area contributed by atoms with Crippen molar-refractivity contribution in [1.29, 1.82) is 0 Å². The summed E-state index contributed by atoms with van der Waals surface area (Å²) in [5.41, 5.74) is 1.54. The Labute approximate surface area is 189 Å². The van der Waals surface area contributed by atoms with Gasteiger partial charge in [-0.25, -0.2) is 4.98 Å². The molecule has 3 aliphatic heterocycles. The standard InChI is InChI=1S/C22H25F3N6O2/c1-14-15(7-17(26-2)18-10-27-16(13-32)9-28-18)8-21(33-14)3-5-31(6-4-21)20-12-29-19(11-30-20)22(23,24)25/h7,9-10,12-13,26,30H,3-6,8,11H2,1-2H3/b17-7-. The minimum Gasteiger partial charge on any atom is -0.491 e. The van der Waals surface area contributed by atoms with Crippen LogP contribution in [0.3, 0.4) is 0 Å². The van der Waals surface area contributed by atoms with Crippen LogP contribution in [0.15, 0.2) is 46.8 Å². The van der Waals surface area contributed by atoms with Gasteiger partial charge < -0.3 is 20.3 Å². The Morgan fingerprint density at radius 2 is 2.03 bits per heavy atom. The van der Waals surface area contributed by atoms with E-state index < -0.39 is 11.9 Å². The van der Waals surface area contributed by atoms with Crippen LogP contribution in [0.4, 0.5) is 13.2 Å². The molecule has 0 aliphatic carbocycles. The number of alkyl halides is 3. The number of aromatic nitrogens is 2. The van der Waals surface area contributed by atoms with Crippen LogP contribution < -0.4 is 10.6 Å². The molecule has 11 heteroatoms. The zero-order valence-electron chi connectivity index (χ0n) is 18.4. The third kappa shape index (κ3) is 4.86. The summed E-state index contributed by atoms with van der Waals surface area (Å²) in [4.78, 5) is 24.8. The van der Waals surface area contributed by atoms with E-state index in [0.29, 0.717) is 30.9 Å². The molecule has 1 saturated heterocycles. The Morgan fingerprint density at radius 3 is 2.58 bits per heavy atom. The second-order valence-corrected chi connectivity index (χ2v) is 8.22. The maximum atomic E-state index is 12.8.